The van der Waals surface area contributed by atoms with Crippen LogP contribution in [0.1, 0.15) is 41.6 Å². The fourth-order valence-electron chi connectivity index (χ4n) is 2.55. The van der Waals surface area contributed by atoms with Gasteiger partial charge in [-0.15, -0.1) is 5.10 Å². The molecule has 0 aliphatic rings. The van der Waals surface area contributed by atoms with E-state index in [-0.39, 0.29) is 11.9 Å². The largest absolute Gasteiger partial charge is 0.344 e. The maximum Gasteiger partial charge on any atom is 0.256 e. The van der Waals surface area contributed by atoms with Crippen LogP contribution in [0, 0.1) is 0 Å². The van der Waals surface area contributed by atoms with Crippen LogP contribution in [0.4, 0.5) is 0 Å². The Bertz CT molecular complexity index is 886. The van der Waals surface area contributed by atoms with Gasteiger partial charge in [-0.2, -0.15) is 5.10 Å². The average molecular weight is 359 g/mol. The summed E-state index contributed by atoms with van der Waals surface area (Å²) in [6.07, 6.45) is 2.42. The van der Waals surface area contributed by atoms with E-state index < -0.39 is 0 Å². The van der Waals surface area contributed by atoms with E-state index in [1.807, 2.05) is 44.2 Å². The zero-order valence-electron chi connectivity index (χ0n) is 14.3. The van der Waals surface area contributed by atoms with E-state index in [1.165, 1.54) is 4.68 Å². The minimum absolute atomic E-state index is 0.267. The van der Waals surface area contributed by atoms with Crippen molar-refractivity contribution in [3.05, 3.63) is 58.6 Å². The van der Waals surface area contributed by atoms with Gasteiger partial charge in [0.15, 0.2) is 0 Å². The van der Waals surface area contributed by atoms with Crippen molar-refractivity contribution >= 4 is 17.5 Å². The summed E-state index contributed by atoms with van der Waals surface area (Å²) in [5.41, 5.74) is 2.65. The molecule has 0 bridgehead atoms. The van der Waals surface area contributed by atoms with Crippen LogP contribution in [0.2, 0.25) is 5.15 Å². The Morgan fingerprint density at radius 1 is 1.32 bits per heavy atom. The van der Waals surface area contributed by atoms with Crippen molar-refractivity contribution in [2.24, 2.45) is 7.05 Å². The van der Waals surface area contributed by atoms with Crippen molar-refractivity contribution in [1.82, 2.24) is 30.1 Å². The van der Waals surface area contributed by atoms with Crippen LogP contribution in [0.15, 0.2) is 36.5 Å². The SMILES string of the molecule is CCc1nn(C)c(Cl)c1C(=O)N[C@H](C)c1cn(-c2ccccc2)nn1. The number of aromatic nitrogens is 5. The van der Waals surface area contributed by atoms with E-state index in [0.717, 1.165) is 5.69 Å². The van der Waals surface area contributed by atoms with Gasteiger partial charge in [0.05, 0.1) is 29.2 Å². The average Bonchev–Trinajstić information content (AvgIpc) is 3.21. The molecule has 2 heterocycles. The Kier molecular flexibility index (Phi) is 4.85. The first-order valence-electron chi connectivity index (χ1n) is 8.01. The molecule has 25 heavy (non-hydrogen) atoms. The van der Waals surface area contributed by atoms with E-state index in [9.17, 15) is 4.79 Å². The van der Waals surface area contributed by atoms with Crippen LogP contribution in [0.5, 0.6) is 0 Å². The molecular formula is C17H19ClN6O. The molecule has 0 radical (unpaired) electrons. The quantitative estimate of drug-likeness (QED) is 0.760. The van der Waals surface area contributed by atoms with Gasteiger partial charge in [-0.25, -0.2) is 4.68 Å². The number of benzene rings is 1. The number of carbonyl (C=O) groups excluding carboxylic acids is 1. The predicted octanol–water partition coefficient (Wildman–Crippen LogP) is 2.71. The van der Waals surface area contributed by atoms with Crippen molar-refractivity contribution < 1.29 is 4.79 Å². The summed E-state index contributed by atoms with van der Waals surface area (Å²) >= 11 is 6.21. The molecule has 1 atom stereocenters. The Balaban J connectivity index is 1.78. The summed E-state index contributed by atoms with van der Waals surface area (Å²) in [5.74, 6) is -0.267. The molecule has 0 unspecified atom stereocenters. The number of amides is 1. The van der Waals surface area contributed by atoms with Crippen molar-refractivity contribution in [2.45, 2.75) is 26.3 Å². The van der Waals surface area contributed by atoms with Gasteiger partial charge < -0.3 is 5.32 Å². The molecule has 1 N–H and O–H groups in total. The number of para-hydroxylation sites is 1. The summed E-state index contributed by atoms with van der Waals surface area (Å²) in [7, 11) is 1.72. The van der Waals surface area contributed by atoms with Gasteiger partial charge in [0.25, 0.3) is 5.91 Å². The van der Waals surface area contributed by atoms with Gasteiger partial charge >= 0.3 is 0 Å². The summed E-state index contributed by atoms with van der Waals surface area (Å²) in [4.78, 5) is 12.6. The number of aryl methyl sites for hydroxylation is 2. The first-order valence-corrected chi connectivity index (χ1v) is 8.39. The van der Waals surface area contributed by atoms with Crippen LogP contribution < -0.4 is 5.32 Å². The maximum atomic E-state index is 12.6. The minimum atomic E-state index is -0.314. The van der Waals surface area contributed by atoms with Gasteiger partial charge in [-0.05, 0) is 25.5 Å². The van der Waals surface area contributed by atoms with E-state index in [2.05, 4.69) is 20.7 Å². The molecule has 0 aliphatic carbocycles. The first-order chi connectivity index (χ1) is 12.0. The van der Waals surface area contributed by atoms with Crippen molar-refractivity contribution in [3.8, 4) is 5.69 Å². The van der Waals surface area contributed by atoms with Crippen molar-refractivity contribution in [1.29, 1.82) is 0 Å². The number of hydrogen-bond acceptors (Lipinski definition) is 4. The number of halogens is 1. The van der Waals surface area contributed by atoms with Gasteiger partial charge in [0, 0.05) is 7.05 Å². The highest BCUT2D eigenvalue weighted by atomic mass is 35.5. The standard InChI is InChI=1S/C17H19ClN6O/c1-4-13-15(16(18)23(3)21-13)17(25)19-11(2)14-10-24(22-20-14)12-8-6-5-7-9-12/h5-11H,4H2,1-3H3,(H,19,25)/t11-/m1/s1. The highest BCUT2D eigenvalue weighted by molar-refractivity contribution is 6.33. The molecule has 8 heteroatoms. The number of nitrogens with zero attached hydrogens (tertiary/aromatic N) is 5. The lowest BCUT2D eigenvalue weighted by atomic mass is 10.1. The van der Waals surface area contributed by atoms with Gasteiger partial charge in [-0.1, -0.05) is 41.9 Å². The topological polar surface area (TPSA) is 77.6 Å². The van der Waals surface area contributed by atoms with Crippen LogP contribution in [-0.4, -0.2) is 30.7 Å². The summed E-state index contributed by atoms with van der Waals surface area (Å²) < 4.78 is 3.18. The molecule has 3 aromatic rings. The third kappa shape index (κ3) is 3.41. The number of hydrogen-bond donors (Lipinski definition) is 1. The molecule has 1 amide bonds. The second kappa shape index (κ2) is 7.06. The molecular weight excluding hydrogens is 340 g/mol. The van der Waals surface area contributed by atoms with E-state index in [1.54, 1.807) is 17.9 Å². The van der Waals surface area contributed by atoms with Crippen LogP contribution in [0.3, 0.4) is 0 Å². The van der Waals surface area contributed by atoms with Crippen LogP contribution in [-0.2, 0) is 13.5 Å². The number of carbonyl (C=O) groups is 1. The number of nitrogens with one attached hydrogen (secondary N) is 1. The molecule has 0 aliphatic heterocycles. The van der Waals surface area contributed by atoms with E-state index in [4.69, 9.17) is 11.6 Å². The summed E-state index contributed by atoms with van der Waals surface area (Å²) in [5, 5.41) is 15.8. The third-order valence-electron chi connectivity index (χ3n) is 3.93. The molecule has 130 valence electrons. The summed E-state index contributed by atoms with van der Waals surface area (Å²) in [6.45, 7) is 3.79. The Morgan fingerprint density at radius 3 is 2.72 bits per heavy atom. The summed E-state index contributed by atoms with van der Waals surface area (Å²) in [6, 6.07) is 9.35. The fourth-order valence-corrected chi connectivity index (χ4v) is 2.79. The molecule has 3 rings (SSSR count). The van der Waals surface area contributed by atoms with Crippen LogP contribution in [0.25, 0.3) is 5.69 Å². The molecule has 0 saturated heterocycles. The molecule has 1 aromatic carbocycles. The molecule has 2 aromatic heterocycles. The highest BCUT2D eigenvalue weighted by Gasteiger charge is 2.23. The predicted molar refractivity (Wildman–Crippen MR) is 94.8 cm³/mol. The fraction of sp³-hybridized carbons (Fsp3) is 0.294. The van der Waals surface area contributed by atoms with Crippen molar-refractivity contribution in [2.75, 3.05) is 0 Å². The minimum Gasteiger partial charge on any atom is -0.344 e. The normalized spacial score (nSPS) is 12.2. The molecule has 0 fully saturated rings. The lowest BCUT2D eigenvalue weighted by Crippen LogP contribution is -2.27. The Labute approximate surface area is 150 Å². The van der Waals surface area contributed by atoms with E-state index >= 15 is 0 Å². The van der Waals surface area contributed by atoms with Crippen molar-refractivity contribution in [3.63, 3.8) is 0 Å². The van der Waals surface area contributed by atoms with Gasteiger partial charge in [0.1, 0.15) is 10.8 Å². The monoisotopic (exact) mass is 358 g/mol. The zero-order valence-corrected chi connectivity index (χ0v) is 15.0. The smallest absolute Gasteiger partial charge is 0.256 e. The maximum absolute atomic E-state index is 12.6. The zero-order chi connectivity index (χ0) is 18.0. The van der Waals surface area contributed by atoms with E-state index in [0.29, 0.717) is 28.5 Å². The highest BCUT2D eigenvalue weighted by Crippen LogP contribution is 2.21. The number of rotatable bonds is 5. The molecule has 0 saturated carbocycles. The molecule has 7 nitrogen and oxygen atoms in total. The van der Waals surface area contributed by atoms with Crippen LogP contribution >= 0.6 is 11.6 Å². The van der Waals surface area contributed by atoms with Gasteiger partial charge in [-0.3, -0.25) is 9.48 Å². The third-order valence-corrected chi connectivity index (χ3v) is 4.37. The second-order valence-corrected chi connectivity index (χ2v) is 6.07. The van der Waals surface area contributed by atoms with Gasteiger partial charge in [0.2, 0.25) is 0 Å². The first kappa shape index (κ1) is 17.2. The lowest BCUT2D eigenvalue weighted by molar-refractivity contribution is 0.0938. The Hall–Kier alpha value is -2.67. The lowest BCUT2D eigenvalue weighted by Gasteiger charge is -2.11. The molecule has 0 spiro atoms. The second-order valence-electron chi connectivity index (χ2n) is 5.71. The Morgan fingerprint density at radius 2 is 2.04 bits per heavy atom.